The van der Waals surface area contributed by atoms with Crippen molar-refractivity contribution in [2.45, 2.75) is 38.6 Å². The van der Waals surface area contributed by atoms with Crippen LogP contribution in [0.4, 0.5) is 5.82 Å². The second-order valence-electron chi connectivity index (χ2n) is 4.78. The highest BCUT2D eigenvalue weighted by Crippen LogP contribution is 2.28. The van der Waals surface area contributed by atoms with Crippen LogP contribution in [0.2, 0.25) is 0 Å². The summed E-state index contributed by atoms with van der Waals surface area (Å²) in [5.41, 5.74) is 0. The summed E-state index contributed by atoms with van der Waals surface area (Å²) >= 11 is 3.48. The van der Waals surface area contributed by atoms with Gasteiger partial charge in [0.15, 0.2) is 0 Å². The van der Waals surface area contributed by atoms with Gasteiger partial charge in [0, 0.05) is 12.2 Å². The molecule has 0 spiro atoms. The predicted octanol–water partition coefficient (Wildman–Crippen LogP) is 3.38. The van der Waals surface area contributed by atoms with Crippen molar-refractivity contribution in [2.75, 3.05) is 11.9 Å². The molecule has 0 radical (unpaired) electrons. The van der Waals surface area contributed by atoms with Gasteiger partial charge in [-0.3, -0.25) is 4.79 Å². The number of hydrogen-bond donors (Lipinski definition) is 1. The SMILES string of the molecule is CCOC(=O)C1CCC(Nc2ncccc2Br)CC1. The first kappa shape index (κ1) is 14.3. The lowest BCUT2D eigenvalue weighted by Crippen LogP contribution is -2.30. The molecule has 4 nitrogen and oxygen atoms in total. The zero-order chi connectivity index (χ0) is 13.7. The molecule has 1 aliphatic carbocycles. The minimum atomic E-state index is -0.0417. The van der Waals surface area contributed by atoms with Crippen LogP contribution in [0.15, 0.2) is 22.8 Å². The molecule has 1 fully saturated rings. The van der Waals surface area contributed by atoms with Crippen LogP contribution < -0.4 is 5.32 Å². The van der Waals surface area contributed by atoms with E-state index in [-0.39, 0.29) is 11.9 Å². The molecule has 19 heavy (non-hydrogen) atoms. The smallest absolute Gasteiger partial charge is 0.308 e. The van der Waals surface area contributed by atoms with Gasteiger partial charge in [-0.25, -0.2) is 4.98 Å². The van der Waals surface area contributed by atoms with Crippen molar-refractivity contribution < 1.29 is 9.53 Å². The summed E-state index contributed by atoms with van der Waals surface area (Å²) in [6, 6.07) is 4.25. The number of aromatic nitrogens is 1. The van der Waals surface area contributed by atoms with Gasteiger partial charge in [0.25, 0.3) is 0 Å². The Bertz CT molecular complexity index is 431. The number of pyridine rings is 1. The Kier molecular flexibility index (Phi) is 5.19. The van der Waals surface area contributed by atoms with Crippen molar-refractivity contribution in [1.82, 2.24) is 4.98 Å². The first-order chi connectivity index (χ1) is 9.20. The molecular formula is C14H19BrN2O2. The van der Waals surface area contributed by atoms with Crippen molar-refractivity contribution in [3.63, 3.8) is 0 Å². The number of nitrogens with zero attached hydrogens (tertiary/aromatic N) is 1. The minimum absolute atomic E-state index is 0.0417. The van der Waals surface area contributed by atoms with Crippen molar-refractivity contribution in [2.24, 2.45) is 5.92 Å². The molecule has 104 valence electrons. The van der Waals surface area contributed by atoms with Crippen LogP contribution in [0.3, 0.4) is 0 Å². The molecule has 0 unspecified atom stereocenters. The van der Waals surface area contributed by atoms with E-state index in [9.17, 15) is 4.79 Å². The largest absolute Gasteiger partial charge is 0.466 e. The molecule has 0 atom stereocenters. The van der Waals surface area contributed by atoms with Crippen LogP contribution in [0.25, 0.3) is 0 Å². The van der Waals surface area contributed by atoms with Crippen molar-refractivity contribution in [3.05, 3.63) is 22.8 Å². The van der Waals surface area contributed by atoms with Gasteiger partial charge in [-0.15, -0.1) is 0 Å². The van der Waals surface area contributed by atoms with E-state index in [1.807, 2.05) is 19.1 Å². The molecule has 5 heteroatoms. The summed E-state index contributed by atoms with van der Waals surface area (Å²) in [4.78, 5) is 16.0. The maximum Gasteiger partial charge on any atom is 0.308 e. The molecule has 1 N–H and O–H groups in total. The van der Waals surface area contributed by atoms with Gasteiger partial charge >= 0.3 is 5.97 Å². The molecular weight excluding hydrogens is 308 g/mol. The van der Waals surface area contributed by atoms with Crippen LogP contribution in [0, 0.1) is 5.92 Å². The van der Waals surface area contributed by atoms with E-state index in [4.69, 9.17) is 4.74 Å². The zero-order valence-electron chi connectivity index (χ0n) is 11.1. The monoisotopic (exact) mass is 326 g/mol. The third-order valence-electron chi connectivity index (χ3n) is 3.45. The molecule has 0 saturated heterocycles. The summed E-state index contributed by atoms with van der Waals surface area (Å²) in [5, 5.41) is 3.43. The fourth-order valence-corrected chi connectivity index (χ4v) is 2.79. The number of rotatable bonds is 4. The third kappa shape index (κ3) is 3.93. The normalized spacial score (nSPS) is 22.8. The number of carbonyl (C=O) groups is 1. The van der Waals surface area contributed by atoms with Crippen LogP contribution in [0.1, 0.15) is 32.6 Å². The standard InChI is InChI=1S/C14H19BrN2O2/c1-2-19-14(18)10-5-7-11(8-6-10)17-13-12(15)4-3-9-16-13/h3-4,9-11H,2,5-8H2,1H3,(H,16,17). The maximum atomic E-state index is 11.7. The molecule has 1 saturated carbocycles. The topological polar surface area (TPSA) is 51.2 Å². The molecule has 1 aromatic heterocycles. The Morgan fingerprint density at radius 2 is 2.21 bits per heavy atom. The maximum absolute atomic E-state index is 11.7. The summed E-state index contributed by atoms with van der Waals surface area (Å²) in [6.45, 7) is 2.32. The molecule has 2 rings (SSSR count). The zero-order valence-corrected chi connectivity index (χ0v) is 12.6. The Morgan fingerprint density at radius 1 is 1.47 bits per heavy atom. The lowest BCUT2D eigenvalue weighted by molar-refractivity contribution is -0.149. The number of nitrogens with one attached hydrogen (secondary N) is 1. The average molecular weight is 327 g/mol. The lowest BCUT2D eigenvalue weighted by atomic mass is 9.86. The van der Waals surface area contributed by atoms with Gasteiger partial charge in [-0.05, 0) is 60.7 Å². The van der Waals surface area contributed by atoms with Gasteiger partial charge in [0.1, 0.15) is 5.82 Å². The Hall–Kier alpha value is -1.10. The number of ether oxygens (including phenoxy) is 1. The highest BCUT2D eigenvalue weighted by Gasteiger charge is 2.27. The summed E-state index contributed by atoms with van der Waals surface area (Å²) in [5.74, 6) is 0.909. The van der Waals surface area contributed by atoms with Crippen molar-refractivity contribution in [3.8, 4) is 0 Å². The first-order valence-corrected chi connectivity index (χ1v) is 7.53. The summed E-state index contributed by atoms with van der Waals surface area (Å²) in [6.07, 6.45) is 5.51. The molecule has 1 aliphatic rings. The van der Waals surface area contributed by atoms with Gasteiger partial charge in [0.05, 0.1) is 17.0 Å². The van der Waals surface area contributed by atoms with Gasteiger partial charge in [-0.1, -0.05) is 0 Å². The van der Waals surface area contributed by atoms with E-state index in [0.717, 1.165) is 36.0 Å². The minimum Gasteiger partial charge on any atom is -0.466 e. The van der Waals surface area contributed by atoms with Crippen LogP contribution in [0.5, 0.6) is 0 Å². The third-order valence-corrected chi connectivity index (χ3v) is 4.09. The quantitative estimate of drug-likeness (QED) is 0.862. The predicted molar refractivity (Wildman–Crippen MR) is 77.9 cm³/mol. The van der Waals surface area contributed by atoms with E-state index in [1.54, 1.807) is 6.20 Å². The Morgan fingerprint density at radius 3 is 2.84 bits per heavy atom. The van der Waals surface area contributed by atoms with Crippen molar-refractivity contribution in [1.29, 1.82) is 0 Å². The number of anilines is 1. The molecule has 0 aromatic carbocycles. The number of esters is 1. The van der Waals surface area contributed by atoms with Crippen LogP contribution in [-0.2, 0) is 9.53 Å². The first-order valence-electron chi connectivity index (χ1n) is 6.74. The van der Waals surface area contributed by atoms with Crippen LogP contribution in [-0.4, -0.2) is 23.6 Å². The number of hydrogen-bond acceptors (Lipinski definition) is 4. The molecule has 0 aliphatic heterocycles. The average Bonchev–Trinajstić information content (AvgIpc) is 2.42. The van der Waals surface area contributed by atoms with Gasteiger partial charge < -0.3 is 10.1 Å². The molecule has 1 heterocycles. The lowest BCUT2D eigenvalue weighted by Gasteiger charge is -2.28. The van der Waals surface area contributed by atoms with E-state index in [0.29, 0.717) is 12.6 Å². The van der Waals surface area contributed by atoms with Crippen LogP contribution >= 0.6 is 15.9 Å². The van der Waals surface area contributed by atoms with Crippen molar-refractivity contribution >= 4 is 27.7 Å². The van der Waals surface area contributed by atoms with Gasteiger partial charge in [0.2, 0.25) is 0 Å². The van der Waals surface area contributed by atoms with E-state index >= 15 is 0 Å². The summed E-state index contributed by atoms with van der Waals surface area (Å²) < 4.78 is 6.05. The van der Waals surface area contributed by atoms with E-state index in [1.165, 1.54) is 0 Å². The Labute approximate surface area is 122 Å². The Balaban J connectivity index is 1.84. The second kappa shape index (κ2) is 6.89. The number of halogens is 1. The highest BCUT2D eigenvalue weighted by molar-refractivity contribution is 9.10. The fraction of sp³-hybridized carbons (Fsp3) is 0.571. The molecule has 0 amide bonds. The highest BCUT2D eigenvalue weighted by atomic mass is 79.9. The summed E-state index contributed by atoms with van der Waals surface area (Å²) in [7, 11) is 0. The van der Waals surface area contributed by atoms with Gasteiger partial charge in [-0.2, -0.15) is 0 Å². The van der Waals surface area contributed by atoms with E-state index < -0.39 is 0 Å². The molecule has 1 aromatic rings. The number of carbonyl (C=O) groups excluding carboxylic acids is 1. The molecule has 0 bridgehead atoms. The fourth-order valence-electron chi connectivity index (χ4n) is 2.42. The van der Waals surface area contributed by atoms with E-state index in [2.05, 4.69) is 26.2 Å². The second-order valence-corrected chi connectivity index (χ2v) is 5.63.